The molecule has 4 bridgehead atoms. The maximum absolute atomic E-state index is 14.3. The monoisotopic (exact) mass is 1580 g/mol. The van der Waals surface area contributed by atoms with Crippen LogP contribution in [0.1, 0.15) is 155 Å². The predicted molar refractivity (Wildman–Crippen MR) is 415 cm³/mol. The van der Waals surface area contributed by atoms with Gasteiger partial charge in [0, 0.05) is 76.4 Å². The Balaban J connectivity index is 0.000000223. The highest BCUT2D eigenvalue weighted by molar-refractivity contribution is 5.94. The maximum Gasteiger partial charge on any atom is 0.427 e. The first kappa shape index (κ1) is 87.4. The molecule has 113 heavy (non-hydrogen) atoms. The van der Waals surface area contributed by atoms with E-state index in [2.05, 4.69) is 96.4 Å². The van der Waals surface area contributed by atoms with E-state index in [0.29, 0.717) is 72.2 Å². The number of amides is 2. The molecule has 2 spiro atoms. The van der Waals surface area contributed by atoms with Crippen molar-refractivity contribution in [2.45, 2.75) is 288 Å². The van der Waals surface area contributed by atoms with Crippen LogP contribution in [0.3, 0.4) is 0 Å². The van der Waals surface area contributed by atoms with Crippen LogP contribution in [-0.4, -0.2) is 231 Å². The lowest BCUT2D eigenvalue weighted by atomic mass is 9.71. The van der Waals surface area contributed by atoms with Crippen molar-refractivity contribution in [3.8, 4) is 0 Å². The lowest BCUT2D eigenvalue weighted by Crippen LogP contribution is -2.58. The van der Waals surface area contributed by atoms with Crippen LogP contribution in [0.2, 0.25) is 0 Å². The normalized spacial score (nSPS) is 44.8. The Morgan fingerprint density at radius 3 is 1.35 bits per heavy atom. The van der Waals surface area contributed by atoms with E-state index in [0.717, 1.165) is 17.6 Å². The van der Waals surface area contributed by atoms with Gasteiger partial charge in [-0.15, -0.1) is 0 Å². The van der Waals surface area contributed by atoms with E-state index in [1.807, 2.05) is 78.0 Å². The molecule has 0 aromatic rings. The molecule has 0 radical (unpaired) electrons. The van der Waals surface area contributed by atoms with Crippen molar-refractivity contribution in [2.24, 2.45) is 57.5 Å². The van der Waals surface area contributed by atoms with Gasteiger partial charge in [-0.2, -0.15) is 10.2 Å². The van der Waals surface area contributed by atoms with Crippen molar-refractivity contribution in [3.63, 3.8) is 0 Å². The maximum atomic E-state index is 14.3. The lowest BCUT2D eigenvalue weighted by molar-refractivity contribution is -0.300. The molecular formula is C85H122N4O24. The largest absolute Gasteiger partial charge is 0.462 e. The molecule has 0 aromatic heterocycles. The van der Waals surface area contributed by atoms with E-state index in [9.17, 15) is 39.6 Å². The first-order valence-electron chi connectivity index (χ1n) is 40.2. The summed E-state index contributed by atoms with van der Waals surface area (Å²) in [5.41, 5.74) is 5.90. The molecule has 12 rings (SSSR count). The molecule has 6 saturated heterocycles. The smallest absolute Gasteiger partial charge is 0.427 e. The van der Waals surface area contributed by atoms with Gasteiger partial charge in [-0.25, -0.2) is 20.4 Å². The number of nitrogens with one attached hydrogen (secondary N) is 2. The minimum atomic E-state index is -1.84. The van der Waals surface area contributed by atoms with Crippen molar-refractivity contribution in [1.29, 1.82) is 0 Å². The molecule has 0 saturated carbocycles. The molecular weight excluding hydrogens is 1460 g/mol. The van der Waals surface area contributed by atoms with Crippen molar-refractivity contribution in [2.75, 3.05) is 41.7 Å². The number of aliphatic hydroxyl groups is 4. The summed E-state index contributed by atoms with van der Waals surface area (Å²) < 4.78 is 98.9. The number of rotatable bonds is 11. The van der Waals surface area contributed by atoms with E-state index < -0.39 is 157 Å². The summed E-state index contributed by atoms with van der Waals surface area (Å²) in [4.78, 5) is 52.0. The third-order valence-electron chi connectivity index (χ3n) is 24.6. The molecule has 6 N–H and O–H groups in total. The van der Waals surface area contributed by atoms with Gasteiger partial charge in [-0.1, -0.05) is 135 Å². The number of carbonyl (C=O) groups excluding carboxylic acids is 4. The van der Waals surface area contributed by atoms with Gasteiger partial charge in [0.15, 0.2) is 24.2 Å². The van der Waals surface area contributed by atoms with Gasteiger partial charge in [0.05, 0.1) is 75.5 Å². The topological polar surface area (TPSA) is 346 Å². The fourth-order valence-corrected chi connectivity index (χ4v) is 18.0. The van der Waals surface area contributed by atoms with Gasteiger partial charge in [-0.05, 0) is 112 Å². The van der Waals surface area contributed by atoms with E-state index >= 15 is 0 Å². The van der Waals surface area contributed by atoms with Gasteiger partial charge in [0.25, 0.3) is 0 Å². The highest BCUT2D eigenvalue weighted by Crippen LogP contribution is 2.50. The van der Waals surface area contributed by atoms with Crippen molar-refractivity contribution < 1.29 is 115 Å². The average molecular weight is 1580 g/mol. The van der Waals surface area contributed by atoms with E-state index in [-0.39, 0.29) is 73.8 Å². The van der Waals surface area contributed by atoms with E-state index in [1.165, 1.54) is 14.2 Å². The van der Waals surface area contributed by atoms with E-state index in [4.69, 9.17) is 66.3 Å². The summed E-state index contributed by atoms with van der Waals surface area (Å²) in [5, 5.41) is 55.5. The number of allylic oxidation sites excluding steroid dienone is 4. The summed E-state index contributed by atoms with van der Waals surface area (Å²) in [6, 6.07) is 0. The van der Waals surface area contributed by atoms with Gasteiger partial charge < -0.3 is 96.2 Å². The third-order valence-corrected chi connectivity index (χ3v) is 24.6. The fourth-order valence-electron chi connectivity index (χ4n) is 18.0. The van der Waals surface area contributed by atoms with Crippen LogP contribution in [-0.2, 0) is 85.4 Å². The second-order valence-corrected chi connectivity index (χ2v) is 33.1. The molecule has 6 fully saturated rings. The molecule has 12 aliphatic rings. The summed E-state index contributed by atoms with van der Waals surface area (Å²) in [5.74, 6) is -5.23. The van der Waals surface area contributed by atoms with Crippen molar-refractivity contribution >= 4 is 35.5 Å². The molecule has 10 aliphatic heterocycles. The SMILES string of the molecule is CC[C@H](C)[C@H]1O[C@]2(C=C[C@@H]1C)C[C@@H]1C[C@@H](C/C=C(\C)[C@@H](O[C@H]3C[C@H](OC)/C(=N/NC(=O)OC)[C@H](C)O3)[C@@H](C)/C=C/C=C3\CO[C@@H]4[C@H](O)C(C)=C[C@@H](C(=O)O1)[C@]34O)O2.COC(=O)N/N=C1\[C@H](C)O[C@@H](O[C@@H]2/C(C)=C/C[C@@H]3C[C@@H](C[C@]4(C=C[C@H](C)[C@@H](C(C)C)O4)O3)OC(=O)[C@@H]3C=C(C)[C@@H](O)[C@H]4OC/C(=C\C=C\[C@@H]2C)[C@]43O)C[C@@H]1OC. The molecule has 28 heteroatoms. The number of fused-ring (bicyclic) bond motifs is 4. The quantitative estimate of drug-likeness (QED) is 0.0484. The molecule has 2 aliphatic carbocycles. The molecule has 0 aromatic carbocycles. The van der Waals surface area contributed by atoms with Crippen molar-refractivity contribution in [3.05, 3.63) is 119 Å². The number of hydrogen-bond donors (Lipinski definition) is 6. The highest BCUT2D eigenvalue weighted by Gasteiger charge is 2.62. The summed E-state index contributed by atoms with van der Waals surface area (Å²) in [6.07, 6.45) is 18.4. The predicted octanol–water partition coefficient (Wildman–Crippen LogP) is 10.00. The van der Waals surface area contributed by atoms with Crippen LogP contribution < -0.4 is 10.9 Å². The second-order valence-electron chi connectivity index (χ2n) is 33.1. The Morgan fingerprint density at radius 2 is 0.965 bits per heavy atom. The number of methoxy groups -OCH3 is 4. The lowest BCUT2D eigenvalue weighted by Gasteiger charge is -2.48. The first-order valence-corrected chi connectivity index (χ1v) is 40.2. The van der Waals surface area contributed by atoms with E-state index in [1.54, 1.807) is 52.4 Å². The Kier molecular flexibility index (Phi) is 28.6. The number of esters is 2. The summed E-state index contributed by atoms with van der Waals surface area (Å²) >= 11 is 0. The molecule has 29 atom stereocenters. The van der Waals surface area contributed by atoms with Gasteiger partial charge >= 0.3 is 24.1 Å². The Hall–Kier alpha value is -6.42. The molecule has 2 amide bonds. The van der Waals surface area contributed by atoms with Crippen LogP contribution >= 0.6 is 0 Å². The van der Waals surface area contributed by atoms with Crippen LogP contribution in [0, 0.1) is 47.3 Å². The number of nitrogens with zero attached hydrogens (tertiary/aromatic N) is 2. The van der Waals surface area contributed by atoms with Gasteiger partial charge in [0.1, 0.15) is 84.1 Å². The van der Waals surface area contributed by atoms with Crippen LogP contribution in [0.15, 0.2) is 129 Å². The first-order chi connectivity index (χ1) is 53.7. The highest BCUT2D eigenvalue weighted by atomic mass is 16.7. The zero-order chi connectivity index (χ0) is 81.8. The van der Waals surface area contributed by atoms with Crippen molar-refractivity contribution in [1.82, 2.24) is 10.9 Å². The van der Waals surface area contributed by atoms with Gasteiger partial charge in [-0.3, -0.25) is 9.59 Å². The van der Waals surface area contributed by atoms with Crippen LogP contribution in [0.5, 0.6) is 0 Å². The summed E-state index contributed by atoms with van der Waals surface area (Å²) in [7, 11) is 5.66. The minimum Gasteiger partial charge on any atom is -0.462 e. The molecule has 10 heterocycles. The molecule has 626 valence electrons. The summed E-state index contributed by atoms with van der Waals surface area (Å²) in [6.45, 7) is 28.0. The zero-order valence-electron chi connectivity index (χ0n) is 68.7. The number of hydrazone groups is 2. The third kappa shape index (κ3) is 19.1. The standard InChI is InChI=1S/C43H62N2O12.C42H60N2O12/c1-10-23(2)38-26(5)16-17-42(57-38)21-31-19-30(56-42)15-14-25(4)37(55-34-20-33(50-8)35(28(7)53-34)44-45-41(48)51-9)24(3)12-11-13-29-22-52-39-36(46)27(6)18-32(40(47)54-31)43(29,39)49;1-22(2)36-25(5)15-16-41(56-36)20-30-18-29(55-41)14-13-24(4)37(54-33-19-32(49-8)34(27(7)52-33)43-44-40(47)50-9)23(3)11-10-12-28-21-51-38-35(45)26(6)17-31(39(46)53-30)42(28,38)48/h11-14,16-18,23-24,26,28,30-34,36-39,46,49H,10,15,19-22H2,1-9H3,(H,45,48);10-13,15-17,22-23,25,27,29-33,35-38,45,48H,14,18-21H2,1-9H3,(H,44,47)/b12-11+,25-14+,29-13+,44-35+;11-10+,24-13+,28-12+,43-34+/t23-,24-,26-,28-,30+,31-,32-,33-,34-,36+,37-,38+,39+,42+,43+;23-,25-,27-,29+,30-,31-,32-,33-,35+,36+,37-,38+,41+,42+/m00/s1. The van der Waals surface area contributed by atoms with Crippen LogP contribution in [0.4, 0.5) is 9.59 Å². The molecule has 28 nitrogen and oxygen atoms in total. The van der Waals surface area contributed by atoms with Crippen LogP contribution in [0.25, 0.3) is 0 Å². The number of hydrogen-bond acceptors (Lipinski definition) is 26. The van der Waals surface area contributed by atoms with Gasteiger partial charge in [0.2, 0.25) is 0 Å². The number of aliphatic hydroxyl groups excluding tert-OH is 2. The average Bonchev–Trinajstić information content (AvgIpc) is 1.62. The second kappa shape index (κ2) is 37.0. The number of ether oxygens (including phenoxy) is 16. The Bertz CT molecular complexity index is 3800. The fraction of sp³-hybridized carbons (Fsp3) is 0.694. The number of carbonyl (C=O) groups is 4. The Morgan fingerprint density at radius 1 is 0.558 bits per heavy atom. The Labute approximate surface area is 664 Å². The zero-order valence-corrected chi connectivity index (χ0v) is 68.7. The minimum absolute atomic E-state index is 0.0253. The molecule has 0 unspecified atom stereocenters.